The summed E-state index contributed by atoms with van der Waals surface area (Å²) in [5.41, 5.74) is 1.82. The molecule has 1 aromatic rings. The Kier molecular flexibility index (Phi) is 6.47. The van der Waals surface area contributed by atoms with Gasteiger partial charge in [0.05, 0.1) is 11.4 Å². The Labute approximate surface area is 169 Å². The lowest BCUT2D eigenvalue weighted by Gasteiger charge is -2.38. The number of rotatable bonds is 4. The van der Waals surface area contributed by atoms with E-state index in [4.69, 9.17) is 0 Å². The molecular weight excluding hydrogens is 374 g/mol. The first-order valence-electron chi connectivity index (χ1n) is 10.2. The minimum atomic E-state index is -3.52. The summed E-state index contributed by atoms with van der Waals surface area (Å²) < 4.78 is 27.5. The number of carbonyl (C=O) groups is 1. The van der Waals surface area contributed by atoms with E-state index in [-0.39, 0.29) is 5.91 Å². The van der Waals surface area contributed by atoms with E-state index in [0.29, 0.717) is 49.5 Å². The SMILES string of the molecule is Cc1ccc(S(=O)(=O)N2CCN(C(=O)CN3C[C@@H](C)C[C@H](C)C3)CC2)c(C)c1. The van der Waals surface area contributed by atoms with E-state index >= 15 is 0 Å². The highest BCUT2D eigenvalue weighted by Gasteiger charge is 2.32. The van der Waals surface area contributed by atoms with Gasteiger partial charge in [-0.05, 0) is 43.7 Å². The second kappa shape index (κ2) is 8.51. The molecule has 0 aromatic heterocycles. The van der Waals surface area contributed by atoms with Gasteiger partial charge in [0.25, 0.3) is 0 Å². The van der Waals surface area contributed by atoms with Crippen molar-refractivity contribution in [3.05, 3.63) is 29.3 Å². The summed E-state index contributed by atoms with van der Waals surface area (Å²) in [6.07, 6.45) is 1.22. The average molecular weight is 408 g/mol. The van der Waals surface area contributed by atoms with E-state index in [2.05, 4.69) is 18.7 Å². The van der Waals surface area contributed by atoms with Crippen molar-refractivity contribution in [2.75, 3.05) is 45.8 Å². The molecule has 7 heteroatoms. The van der Waals surface area contributed by atoms with Crippen LogP contribution >= 0.6 is 0 Å². The summed E-state index contributed by atoms with van der Waals surface area (Å²) in [5.74, 6) is 1.36. The molecule has 0 radical (unpaired) electrons. The fourth-order valence-corrected chi connectivity index (χ4v) is 6.25. The molecule has 0 bridgehead atoms. The number of sulfonamides is 1. The predicted octanol–water partition coefficient (Wildman–Crippen LogP) is 2.11. The van der Waals surface area contributed by atoms with Gasteiger partial charge in [0.2, 0.25) is 15.9 Å². The Morgan fingerprint density at radius 2 is 1.64 bits per heavy atom. The zero-order valence-electron chi connectivity index (χ0n) is 17.5. The normalized spacial score (nSPS) is 25.1. The number of piperidine rings is 1. The molecule has 28 heavy (non-hydrogen) atoms. The molecule has 2 heterocycles. The Bertz CT molecular complexity index is 806. The second-order valence-corrected chi connectivity index (χ2v) is 10.6. The molecule has 2 saturated heterocycles. The van der Waals surface area contributed by atoms with E-state index in [1.165, 1.54) is 10.7 Å². The van der Waals surface area contributed by atoms with E-state index in [1.54, 1.807) is 6.07 Å². The first-order chi connectivity index (χ1) is 13.2. The summed E-state index contributed by atoms with van der Waals surface area (Å²) in [7, 11) is -3.52. The van der Waals surface area contributed by atoms with Gasteiger partial charge < -0.3 is 4.90 Å². The van der Waals surface area contributed by atoms with Crippen LogP contribution in [-0.2, 0) is 14.8 Å². The van der Waals surface area contributed by atoms with Crippen molar-refractivity contribution in [1.82, 2.24) is 14.1 Å². The third-order valence-corrected chi connectivity index (χ3v) is 7.90. The van der Waals surface area contributed by atoms with Gasteiger partial charge in [-0.25, -0.2) is 8.42 Å². The van der Waals surface area contributed by atoms with Crippen molar-refractivity contribution in [3.8, 4) is 0 Å². The molecule has 6 nitrogen and oxygen atoms in total. The van der Waals surface area contributed by atoms with Crippen LogP contribution in [0.5, 0.6) is 0 Å². The quantitative estimate of drug-likeness (QED) is 0.767. The Morgan fingerprint density at radius 1 is 1.04 bits per heavy atom. The number of benzene rings is 1. The summed E-state index contributed by atoms with van der Waals surface area (Å²) >= 11 is 0. The number of amides is 1. The number of hydrogen-bond acceptors (Lipinski definition) is 4. The molecule has 156 valence electrons. The minimum absolute atomic E-state index is 0.116. The van der Waals surface area contributed by atoms with Gasteiger partial charge in [0, 0.05) is 39.3 Å². The highest BCUT2D eigenvalue weighted by molar-refractivity contribution is 7.89. The third-order valence-electron chi connectivity index (χ3n) is 5.84. The molecule has 1 aromatic carbocycles. The van der Waals surface area contributed by atoms with Gasteiger partial charge in [-0.3, -0.25) is 9.69 Å². The molecule has 2 aliphatic heterocycles. The van der Waals surface area contributed by atoms with Crippen LogP contribution in [0.4, 0.5) is 0 Å². The van der Waals surface area contributed by atoms with Crippen molar-refractivity contribution in [3.63, 3.8) is 0 Å². The molecule has 0 N–H and O–H groups in total. The molecule has 2 atom stereocenters. The Morgan fingerprint density at radius 3 is 2.21 bits per heavy atom. The third kappa shape index (κ3) is 4.75. The van der Waals surface area contributed by atoms with Crippen molar-refractivity contribution in [2.45, 2.75) is 39.0 Å². The minimum Gasteiger partial charge on any atom is -0.339 e. The van der Waals surface area contributed by atoms with E-state index in [9.17, 15) is 13.2 Å². The lowest BCUT2D eigenvalue weighted by molar-refractivity contribution is -0.134. The topological polar surface area (TPSA) is 60.9 Å². The van der Waals surface area contributed by atoms with Gasteiger partial charge in [0.1, 0.15) is 0 Å². The molecule has 2 fully saturated rings. The smallest absolute Gasteiger partial charge is 0.243 e. The maximum atomic E-state index is 13.0. The van der Waals surface area contributed by atoms with Crippen LogP contribution in [0.1, 0.15) is 31.4 Å². The first kappa shape index (κ1) is 21.3. The number of aryl methyl sites for hydroxylation is 2. The van der Waals surface area contributed by atoms with Gasteiger partial charge in [-0.15, -0.1) is 0 Å². The lowest BCUT2D eigenvalue weighted by Crippen LogP contribution is -2.53. The molecule has 3 rings (SSSR count). The van der Waals surface area contributed by atoms with Crippen LogP contribution in [0.25, 0.3) is 0 Å². The van der Waals surface area contributed by atoms with E-state index in [0.717, 1.165) is 24.2 Å². The molecule has 0 spiro atoms. The van der Waals surface area contributed by atoms with Crippen molar-refractivity contribution < 1.29 is 13.2 Å². The van der Waals surface area contributed by atoms with Crippen molar-refractivity contribution in [2.24, 2.45) is 11.8 Å². The zero-order valence-corrected chi connectivity index (χ0v) is 18.3. The molecule has 0 saturated carbocycles. The summed E-state index contributed by atoms with van der Waals surface area (Å²) in [6, 6.07) is 5.42. The van der Waals surface area contributed by atoms with Gasteiger partial charge in [-0.2, -0.15) is 4.31 Å². The lowest BCUT2D eigenvalue weighted by atomic mass is 9.92. The molecule has 1 amide bonds. The standard InChI is InChI=1S/C21H33N3O3S/c1-16-5-6-20(19(4)12-16)28(26,27)24-9-7-23(8-10-24)21(25)15-22-13-17(2)11-18(3)14-22/h5-6,12,17-18H,7-11,13-15H2,1-4H3/t17-,18-/m0/s1. The highest BCUT2D eigenvalue weighted by Crippen LogP contribution is 2.23. The van der Waals surface area contributed by atoms with Crippen molar-refractivity contribution >= 4 is 15.9 Å². The highest BCUT2D eigenvalue weighted by atomic mass is 32.2. The second-order valence-electron chi connectivity index (χ2n) is 8.69. The first-order valence-corrected chi connectivity index (χ1v) is 11.7. The summed E-state index contributed by atoms with van der Waals surface area (Å²) in [4.78, 5) is 17.2. The van der Waals surface area contributed by atoms with Crippen LogP contribution in [-0.4, -0.2) is 74.2 Å². The fraction of sp³-hybridized carbons (Fsp3) is 0.667. The van der Waals surface area contributed by atoms with Crippen LogP contribution < -0.4 is 0 Å². The fourth-order valence-electron chi connectivity index (χ4n) is 4.62. The van der Waals surface area contributed by atoms with Crippen LogP contribution in [0.15, 0.2) is 23.1 Å². The number of carbonyl (C=O) groups excluding carboxylic acids is 1. The molecular formula is C21H33N3O3S. The number of hydrogen-bond donors (Lipinski definition) is 0. The summed E-state index contributed by atoms with van der Waals surface area (Å²) in [6.45, 7) is 12.3. The Hall–Kier alpha value is -1.44. The predicted molar refractivity (Wildman–Crippen MR) is 111 cm³/mol. The molecule has 2 aliphatic rings. The van der Waals surface area contributed by atoms with E-state index in [1.807, 2.05) is 30.9 Å². The monoisotopic (exact) mass is 407 g/mol. The Balaban J connectivity index is 1.58. The molecule has 0 unspecified atom stereocenters. The van der Waals surface area contributed by atoms with Gasteiger partial charge >= 0.3 is 0 Å². The summed E-state index contributed by atoms with van der Waals surface area (Å²) in [5, 5.41) is 0. The average Bonchev–Trinajstić information content (AvgIpc) is 2.60. The number of piperazine rings is 1. The van der Waals surface area contributed by atoms with Gasteiger partial charge in [0.15, 0.2) is 0 Å². The molecule has 0 aliphatic carbocycles. The van der Waals surface area contributed by atoms with Crippen LogP contribution in [0.3, 0.4) is 0 Å². The van der Waals surface area contributed by atoms with Gasteiger partial charge in [-0.1, -0.05) is 31.5 Å². The zero-order chi connectivity index (χ0) is 20.5. The maximum Gasteiger partial charge on any atom is 0.243 e. The number of nitrogens with zero attached hydrogens (tertiary/aromatic N) is 3. The van der Waals surface area contributed by atoms with Crippen molar-refractivity contribution in [1.29, 1.82) is 0 Å². The van der Waals surface area contributed by atoms with Crippen LogP contribution in [0, 0.1) is 25.7 Å². The maximum absolute atomic E-state index is 13.0. The largest absolute Gasteiger partial charge is 0.339 e. The number of likely N-dealkylation sites (tertiary alicyclic amines) is 1. The van der Waals surface area contributed by atoms with E-state index < -0.39 is 10.0 Å². The van der Waals surface area contributed by atoms with Crippen LogP contribution in [0.2, 0.25) is 0 Å².